The zero-order valence-corrected chi connectivity index (χ0v) is 14.9. The number of rotatable bonds is 2. The first-order valence-electron chi connectivity index (χ1n) is 7.33. The van der Waals surface area contributed by atoms with E-state index >= 15 is 0 Å². The van der Waals surface area contributed by atoms with Crippen LogP contribution in [0, 0.1) is 13.8 Å². The van der Waals surface area contributed by atoms with Crippen molar-refractivity contribution in [2.45, 2.75) is 20.3 Å². The highest BCUT2D eigenvalue weighted by Gasteiger charge is 2.25. The van der Waals surface area contributed by atoms with Crippen LogP contribution in [0.4, 0.5) is 5.82 Å². The third-order valence-electron chi connectivity index (χ3n) is 4.26. The molecule has 0 radical (unpaired) electrons. The van der Waals surface area contributed by atoms with Crippen molar-refractivity contribution >= 4 is 33.1 Å². The van der Waals surface area contributed by atoms with Crippen LogP contribution in [-0.2, 0) is 6.42 Å². The lowest BCUT2D eigenvalue weighted by Crippen LogP contribution is -2.06. The Morgan fingerprint density at radius 1 is 1.23 bits per heavy atom. The predicted molar refractivity (Wildman–Crippen MR) is 96.2 cm³/mol. The summed E-state index contributed by atoms with van der Waals surface area (Å²) in [6.45, 7) is 5.29. The van der Waals surface area contributed by atoms with Gasteiger partial charge in [-0.1, -0.05) is 12.1 Å². The number of halogens is 1. The van der Waals surface area contributed by atoms with Gasteiger partial charge < -0.3 is 5.32 Å². The number of nitrogens with one attached hydrogen (secondary N) is 1. The number of aryl methyl sites for hydroxylation is 1. The van der Waals surface area contributed by atoms with E-state index in [9.17, 15) is 0 Å². The number of hydrogen-bond acceptors (Lipinski definition) is 3. The standard InChI is InChI=1S/C17H16BrN3S/c1-10-4-3-5-13(11(10)2)21-17-12(8-9-19-17)16(20-21)14-6-7-15(18)22-14/h3-7,19H,8-9H2,1-2H3. The number of fused-ring (bicyclic) bond motifs is 1. The van der Waals surface area contributed by atoms with Gasteiger partial charge in [-0.3, -0.25) is 0 Å². The predicted octanol–water partition coefficient (Wildman–Crippen LogP) is 4.95. The molecule has 1 aromatic carbocycles. The quantitative estimate of drug-likeness (QED) is 0.688. The van der Waals surface area contributed by atoms with Gasteiger partial charge in [0.15, 0.2) is 0 Å². The lowest BCUT2D eigenvalue weighted by Gasteiger charge is -2.11. The highest BCUT2D eigenvalue weighted by Crippen LogP contribution is 2.39. The van der Waals surface area contributed by atoms with Gasteiger partial charge >= 0.3 is 0 Å². The summed E-state index contributed by atoms with van der Waals surface area (Å²) in [5.74, 6) is 1.15. The fourth-order valence-corrected chi connectivity index (χ4v) is 4.35. The van der Waals surface area contributed by atoms with Gasteiger partial charge in [0, 0.05) is 12.1 Å². The molecule has 2 aromatic heterocycles. The average Bonchev–Trinajstić information content (AvgIpc) is 3.18. The van der Waals surface area contributed by atoms with Gasteiger partial charge in [-0.2, -0.15) is 5.10 Å². The average molecular weight is 374 g/mol. The molecule has 1 aliphatic rings. The van der Waals surface area contributed by atoms with Gasteiger partial charge in [0.25, 0.3) is 0 Å². The van der Waals surface area contributed by atoms with E-state index in [1.807, 2.05) is 0 Å². The largest absolute Gasteiger partial charge is 0.369 e. The molecule has 3 heterocycles. The minimum Gasteiger partial charge on any atom is -0.369 e. The van der Waals surface area contributed by atoms with E-state index in [1.165, 1.54) is 21.6 Å². The summed E-state index contributed by atoms with van der Waals surface area (Å²) in [5, 5.41) is 8.44. The Balaban J connectivity index is 1.93. The fraction of sp³-hybridized carbons (Fsp3) is 0.235. The Labute approximate surface area is 142 Å². The molecule has 0 bridgehead atoms. The first-order valence-corrected chi connectivity index (χ1v) is 8.94. The summed E-state index contributed by atoms with van der Waals surface area (Å²) in [4.78, 5) is 1.22. The van der Waals surface area contributed by atoms with E-state index in [-0.39, 0.29) is 0 Å². The Kier molecular flexibility index (Phi) is 3.35. The minimum absolute atomic E-state index is 0.984. The molecule has 0 spiro atoms. The molecule has 0 saturated heterocycles. The number of aromatic nitrogens is 2. The van der Waals surface area contributed by atoms with E-state index in [1.54, 1.807) is 11.3 Å². The third kappa shape index (κ3) is 2.11. The molecule has 0 atom stereocenters. The van der Waals surface area contributed by atoms with Crippen LogP contribution in [0.2, 0.25) is 0 Å². The minimum atomic E-state index is 0.984. The third-order valence-corrected chi connectivity index (χ3v) is 5.89. The maximum atomic E-state index is 4.93. The molecule has 1 aliphatic heterocycles. The molecule has 0 fully saturated rings. The molecular formula is C17H16BrN3S. The van der Waals surface area contributed by atoms with Crippen LogP contribution in [0.1, 0.15) is 16.7 Å². The summed E-state index contributed by atoms with van der Waals surface area (Å²) in [6, 6.07) is 10.6. The lowest BCUT2D eigenvalue weighted by molar-refractivity contribution is 0.874. The normalized spacial score (nSPS) is 13.2. The topological polar surface area (TPSA) is 29.9 Å². The van der Waals surface area contributed by atoms with Gasteiger partial charge in [0.1, 0.15) is 11.5 Å². The Bertz CT molecular complexity index is 863. The van der Waals surface area contributed by atoms with Crippen molar-refractivity contribution in [3.63, 3.8) is 0 Å². The van der Waals surface area contributed by atoms with E-state index in [4.69, 9.17) is 5.10 Å². The summed E-state index contributed by atoms with van der Waals surface area (Å²) >= 11 is 5.29. The van der Waals surface area contributed by atoms with E-state index < -0.39 is 0 Å². The van der Waals surface area contributed by atoms with Crippen molar-refractivity contribution in [1.29, 1.82) is 0 Å². The Hall–Kier alpha value is -1.59. The second-order valence-electron chi connectivity index (χ2n) is 5.59. The highest BCUT2D eigenvalue weighted by atomic mass is 79.9. The second-order valence-corrected chi connectivity index (χ2v) is 8.05. The zero-order valence-electron chi connectivity index (χ0n) is 12.5. The van der Waals surface area contributed by atoms with E-state index in [2.05, 4.69) is 70.1 Å². The zero-order chi connectivity index (χ0) is 15.3. The number of hydrogen-bond donors (Lipinski definition) is 1. The molecule has 3 nitrogen and oxygen atoms in total. The highest BCUT2D eigenvalue weighted by molar-refractivity contribution is 9.11. The number of thiophene rings is 1. The molecule has 0 unspecified atom stereocenters. The molecule has 5 heteroatoms. The monoisotopic (exact) mass is 373 g/mol. The van der Waals surface area contributed by atoms with Crippen molar-refractivity contribution in [3.05, 3.63) is 50.8 Å². The summed E-state index contributed by atoms with van der Waals surface area (Å²) in [6.07, 6.45) is 1.03. The molecule has 1 N–H and O–H groups in total. The Morgan fingerprint density at radius 2 is 2.09 bits per heavy atom. The van der Waals surface area contributed by atoms with Crippen LogP contribution in [0.3, 0.4) is 0 Å². The smallest absolute Gasteiger partial charge is 0.133 e. The molecule has 0 saturated carbocycles. The van der Waals surface area contributed by atoms with Crippen LogP contribution in [-0.4, -0.2) is 16.3 Å². The first kappa shape index (κ1) is 14.0. The van der Waals surface area contributed by atoms with Gasteiger partial charge in [-0.15, -0.1) is 11.3 Å². The summed E-state index contributed by atoms with van der Waals surface area (Å²) in [7, 11) is 0. The number of anilines is 1. The van der Waals surface area contributed by atoms with Crippen molar-refractivity contribution in [2.24, 2.45) is 0 Å². The van der Waals surface area contributed by atoms with Crippen molar-refractivity contribution in [1.82, 2.24) is 9.78 Å². The van der Waals surface area contributed by atoms with Crippen LogP contribution >= 0.6 is 27.3 Å². The van der Waals surface area contributed by atoms with Gasteiger partial charge in [0.05, 0.1) is 14.4 Å². The maximum Gasteiger partial charge on any atom is 0.133 e. The molecule has 3 aromatic rings. The first-order chi connectivity index (χ1) is 10.6. The summed E-state index contributed by atoms with van der Waals surface area (Å²) < 4.78 is 3.22. The van der Waals surface area contributed by atoms with Crippen LogP contribution < -0.4 is 5.32 Å². The van der Waals surface area contributed by atoms with Crippen LogP contribution in [0.25, 0.3) is 16.3 Å². The fourth-order valence-electron chi connectivity index (χ4n) is 2.95. The SMILES string of the molecule is Cc1cccc(-n2nc(-c3ccc(Br)s3)c3c2NCC3)c1C. The lowest BCUT2D eigenvalue weighted by atomic mass is 10.1. The molecule has 112 valence electrons. The Morgan fingerprint density at radius 3 is 2.86 bits per heavy atom. The summed E-state index contributed by atoms with van der Waals surface area (Å²) in [5.41, 5.74) is 6.17. The maximum absolute atomic E-state index is 4.93. The van der Waals surface area contributed by atoms with Crippen molar-refractivity contribution < 1.29 is 0 Å². The van der Waals surface area contributed by atoms with Crippen molar-refractivity contribution in [3.8, 4) is 16.3 Å². The van der Waals surface area contributed by atoms with Crippen LogP contribution in [0.15, 0.2) is 34.1 Å². The molecule has 0 amide bonds. The van der Waals surface area contributed by atoms with E-state index in [0.29, 0.717) is 0 Å². The van der Waals surface area contributed by atoms with Gasteiger partial charge in [-0.05, 0) is 65.5 Å². The van der Waals surface area contributed by atoms with Gasteiger partial charge in [0.2, 0.25) is 0 Å². The molecule has 4 rings (SSSR count). The second kappa shape index (κ2) is 5.25. The number of benzene rings is 1. The van der Waals surface area contributed by atoms with Crippen LogP contribution in [0.5, 0.6) is 0 Å². The molecule has 0 aliphatic carbocycles. The van der Waals surface area contributed by atoms with E-state index in [0.717, 1.165) is 34.0 Å². The molecule has 22 heavy (non-hydrogen) atoms. The molecular weight excluding hydrogens is 358 g/mol. The number of nitrogens with zero attached hydrogens (tertiary/aromatic N) is 2. The van der Waals surface area contributed by atoms with Gasteiger partial charge in [-0.25, -0.2) is 4.68 Å². The van der Waals surface area contributed by atoms with Crippen molar-refractivity contribution in [2.75, 3.05) is 11.9 Å².